The average Bonchev–Trinajstić information content (AvgIpc) is 3.43. The Bertz CT molecular complexity index is 1780. The molecule has 0 bridgehead atoms. The van der Waals surface area contributed by atoms with Crippen LogP contribution in [0.4, 0.5) is 0 Å². The van der Waals surface area contributed by atoms with Gasteiger partial charge in [0.05, 0.1) is 0 Å². The summed E-state index contributed by atoms with van der Waals surface area (Å²) in [5.41, 5.74) is 6.74. The van der Waals surface area contributed by atoms with Gasteiger partial charge in [-0.2, -0.15) is 0 Å². The Balaban J connectivity index is 1.54. The van der Waals surface area contributed by atoms with E-state index in [0.717, 1.165) is 40.0 Å². The first-order valence-corrected chi connectivity index (χ1v) is 14.0. The first-order chi connectivity index (χ1) is 17.7. The zero-order chi connectivity index (χ0) is 25.9. The highest BCUT2D eigenvalue weighted by Crippen LogP contribution is 2.42. The van der Waals surface area contributed by atoms with E-state index in [2.05, 4.69) is 108 Å². The fraction of sp³-hybridized carbons (Fsp3) is 0.265. The van der Waals surface area contributed by atoms with E-state index in [1.54, 1.807) is 0 Å². The molecule has 3 heteroatoms. The molecule has 0 spiro atoms. The van der Waals surface area contributed by atoms with Gasteiger partial charge in [0.1, 0.15) is 11.5 Å². The van der Waals surface area contributed by atoms with E-state index in [-0.39, 0.29) is 5.41 Å². The second kappa shape index (κ2) is 8.85. The summed E-state index contributed by atoms with van der Waals surface area (Å²) in [5.74, 6) is 1.54. The van der Waals surface area contributed by atoms with Crippen LogP contribution in [0.15, 0.2) is 77.3 Å². The Morgan fingerprint density at radius 3 is 2.46 bits per heavy atom. The molecule has 6 aromatic rings. The number of furan rings is 1. The number of aromatic nitrogens is 1. The van der Waals surface area contributed by atoms with Gasteiger partial charge >= 0.3 is 0 Å². The molecule has 6 rings (SSSR count). The SMILES string of the molecule is Cc1c(CC(C)C)sc2c(-c3cc4ccnc(-c5cc(C(C)(C)C)c6ccccc6c5)c4o3)cccc12. The van der Waals surface area contributed by atoms with Crippen molar-refractivity contribution in [1.82, 2.24) is 4.98 Å². The van der Waals surface area contributed by atoms with Crippen molar-refractivity contribution < 1.29 is 4.42 Å². The molecule has 0 saturated heterocycles. The molecule has 3 heterocycles. The minimum Gasteiger partial charge on any atom is -0.454 e. The molecule has 3 aromatic carbocycles. The zero-order valence-corrected chi connectivity index (χ0v) is 23.3. The summed E-state index contributed by atoms with van der Waals surface area (Å²) in [4.78, 5) is 6.31. The first-order valence-electron chi connectivity index (χ1n) is 13.1. The Morgan fingerprint density at radius 1 is 0.892 bits per heavy atom. The maximum absolute atomic E-state index is 6.66. The largest absolute Gasteiger partial charge is 0.454 e. The predicted molar refractivity (Wildman–Crippen MR) is 160 cm³/mol. The van der Waals surface area contributed by atoms with Crippen LogP contribution in [0.5, 0.6) is 0 Å². The lowest BCUT2D eigenvalue weighted by molar-refractivity contribution is 0.596. The molecule has 0 radical (unpaired) electrons. The number of fused-ring (bicyclic) bond motifs is 3. The normalized spacial score (nSPS) is 12.4. The quantitative estimate of drug-likeness (QED) is 0.239. The molecule has 3 aromatic heterocycles. The molecule has 0 saturated carbocycles. The van der Waals surface area contributed by atoms with Crippen LogP contribution >= 0.6 is 11.3 Å². The Kier molecular flexibility index (Phi) is 5.72. The molecule has 186 valence electrons. The van der Waals surface area contributed by atoms with Gasteiger partial charge in [-0.25, -0.2) is 0 Å². The lowest BCUT2D eigenvalue weighted by Crippen LogP contribution is -2.12. The maximum Gasteiger partial charge on any atom is 0.161 e. The van der Waals surface area contributed by atoms with Crippen LogP contribution in [0.1, 0.15) is 50.6 Å². The Morgan fingerprint density at radius 2 is 1.68 bits per heavy atom. The van der Waals surface area contributed by atoms with E-state index in [1.165, 1.54) is 36.9 Å². The molecule has 0 aliphatic carbocycles. The third-order valence-electron chi connectivity index (χ3n) is 7.30. The van der Waals surface area contributed by atoms with Crippen LogP contribution in [-0.2, 0) is 11.8 Å². The van der Waals surface area contributed by atoms with Gasteiger partial charge in [-0.1, -0.05) is 71.0 Å². The molecule has 0 aliphatic rings. The van der Waals surface area contributed by atoms with E-state index in [4.69, 9.17) is 9.40 Å². The lowest BCUT2D eigenvalue weighted by atomic mass is 9.82. The van der Waals surface area contributed by atoms with Crippen LogP contribution in [0.25, 0.3) is 54.4 Å². The molecular weight excluding hydrogens is 470 g/mol. The van der Waals surface area contributed by atoms with Crippen LogP contribution in [0.3, 0.4) is 0 Å². The second-order valence-electron chi connectivity index (χ2n) is 11.6. The number of hydrogen-bond donors (Lipinski definition) is 0. The highest BCUT2D eigenvalue weighted by Gasteiger charge is 2.21. The molecule has 0 fully saturated rings. The van der Waals surface area contributed by atoms with Crippen molar-refractivity contribution in [3.8, 4) is 22.6 Å². The molecular formula is C34H33NOS. The maximum atomic E-state index is 6.66. The van der Waals surface area contributed by atoms with Gasteiger partial charge in [0.25, 0.3) is 0 Å². The summed E-state index contributed by atoms with van der Waals surface area (Å²) in [6, 6.07) is 24.0. The van der Waals surface area contributed by atoms with E-state index >= 15 is 0 Å². The van der Waals surface area contributed by atoms with Crippen molar-refractivity contribution in [2.45, 2.75) is 53.4 Å². The number of hydrogen-bond acceptors (Lipinski definition) is 3. The molecule has 2 nitrogen and oxygen atoms in total. The zero-order valence-electron chi connectivity index (χ0n) is 22.5. The van der Waals surface area contributed by atoms with Gasteiger partial charge in [-0.15, -0.1) is 11.3 Å². The average molecular weight is 504 g/mol. The number of thiophene rings is 1. The molecule has 0 amide bonds. The smallest absolute Gasteiger partial charge is 0.161 e. The standard InChI is InChI=1S/C34H33NOS/c1-20(2)16-30-21(3)25-12-9-13-27(33(25)37-30)29-19-23-14-15-35-31(32(23)36-29)24-17-22-10-7-8-11-26(22)28(18-24)34(4,5)6/h7-15,17-20H,16H2,1-6H3. The van der Waals surface area contributed by atoms with E-state index in [1.807, 2.05) is 17.5 Å². The van der Waals surface area contributed by atoms with E-state index < -0.39 is 0 Å². The van der Waals surface area contributed by atoms with Crippen molar-refractivity contribution >= 4 is 43.2 Å². The molecule has 0 unspecified atom stereocenters. The summed E-state index contributed by atoms with van der Waals surface area (Å²) in [7, 11) is 0. The number of pyridine rings is 1. The predicted octanol–water partition coefficient (Wildman–Crippen LogP) is 10.3. The van der Waals surface area contributed by atoms with Crippen molar-refractivity contribution in [1.29, 1.82) is 0 Å². The van der Waals surface area contributed by atoms with Gasteiger partial charge in [0, 0.05) is 32.3 Å². The number of nitrogens with zero attached hydrogens (tertiary/aromatic N) is 1. The number of rotatable bonds is 4. The number of aryl methyl sites for hydroxylation is 1. The highest BCUT2D eigenvalue weighted by molar-refractivity contribution is 7.19. The third-order valence-corrected chi connectivity index (χ3v) is 8.66. The number of benzene rings is 3. The van der Waals surface area contributed by atoms with E-state index in [0.29, 0.717) is 5.92 Å². The Labute approximate surface area is 223 Å². The van der Waals surface area contributed by atoms with Crippen LogP contribution in [0, 0.1) is 12.8 Å². The lowest BCUT2D eigenvalue weighted by Gasteiger charge is -2.22. The molecule has 0 aliphatic heterocycles. The van der Waals surface area contributed by atoms with Crippen molar-refractivity contribution in [2.75, 3.05) is 0 Å². The van der Waals surface area contributed by atoms with Gasteiger partial charge in [0.15, 0.2) is 5.58 Å². The van der Waals surface area contributed by atoms with Gasteiger partial charge < -0.3 is 4.42 Å². The second-order valence-corrected chi connectivity index (χ2v) is 12.7. The summed E-state index contributed by atoms with van der Waals surface area (Å²) in [5, 5.41) is 4.94. The fourth-order valence-corrected chi connectivity index (χ4v) is 6.96. The Hall–Kier alpha value is -3.43. The van der Waals surface area contributed by atoms with Crippen LogP contribution in [0.2, 0.25) is 0 Å². The van der Waals surface area contributed by atoms with Gasteiger partial charge in [0.2, 0.25) is 0 Å². The van der Waals surface area contributed by atoms with Crippen molar-refractivity contribution in [3.63, 3.8) is 0 Å². The molecule has 0 atom stereocenters. The molecule has 0 N–H and O–H groups in total. The van der Waals surface area contributed by atoms with Crippen LogP contribution < -0.4 is 0 Å². The van der Waals surface area contributed by atoms with E-state index in [9.17, 15) is 0 Å². The van der Waals surface area contributed by atoms with Gasteiger partial charge in [-0.05, 0) is 82.3 Å². The van der Waals surface area contributed by atoms with Gasteiger partial charge in [-0.3, -0.25) is 4.98 Å². The minimum atomic E-state index is 0.0121. The summed E-state index contributed by atoms with van der Waals surface area (Å²) in [6.07, 6.45) is 3.01. The summed E-state index contributed by atoms with van der Waals surface area (Å²) < 4.78 is 7.97. The molecule has 37 heavy (non-hydrogen) atoms. The fourth-order valence-electron chi connectivity index (χ4n) is 5.42. The monoisotopic (exact) mass is 503 g/mol. The third kappa shape index (κ3) is 4.16. The summed E-state index contributed by atoms with van der Waals surface area (Å²) >= 11 is 1.91. The van der Waals surface area contributed by atoms with Crippen LogP contribution in [-0.4, -0.2) is 4.98 Å². The van der Waals surface area contributed by atoms with Crippen molar-refractivity contribution in [2.24, 2.45) is 5.92 Å². The summed E-state index contributed by atoms with van der Waals surface area (Å²) in [6.45, 7) is 13.7. The topological polar surface area (TPSA) is 26.0 Å². The first kappa shape index (κ1) is 23.9. The minimum absolute atomic E-state index is 0.0121. The highest BCUT2D eigenvalue weighted by atomic mass is 32.1. The van der Waals surface area contributed by atoms with Crippen molar-refractivity contribution in [3.05, 3.63) is 88.9 Å².